The number of methoxy groups -OCH3 is 1. The number of nitrogens with zero attached hydrogens (tertiary/aromatic N) is 1. The van der Waals surface area contributed by atoms with E-state index in [9.17, 15) is 14.4 Å². The van der Waals surface area contributed by atoms with E-state index in [0.717, 1.165) is 15.3 Å². The van der Waals surface area contributed by atoms with Crippen molar-refractivity contribution in [3.05, 3.63) is 33.2 Å². The number of carbonyl (C=O) groups is 3. The van der Waals surface area contributed by atoms with E-state index >= 15 is 0 Å². The van der Waals surface area contributed by atoms with Crippen LogP contribution >= 0.6 is 11.3 Å². The third-order valence-corrected chi connectivity index (χ3v) is 4.75. The Hall–Kier alpha value is -2.19. The van der Waals surface area contributed by atoms with Crippen LogP contribution in [-0.4, -0.2) is 43.1 Å². The standard InChI is InChI=1S/C16H20N2O5S/c1-9-5-8-24-14(9)13-12(15(20)23-7-6-22-4)10(2)17-16(21)18(13)11(3)19/h5,8,13H,6-7H2,1-4H3,(H,17,21). The molecule has 3 amide bonds. The van der Waals surface area contributed by atoms with Gasteiger partial charge in [-0.15, -0.1) is 11.3 Å². The zero-order valence-electron chi connectivity index (χ0n) is 14.0. The zero-order chi connectivity index (χ0) is 17.9. The number of nitrogens with one attached hydrogen (secondary N) is 1. The molecule has 1 atom stereocenters. The second kappa shape index (κ2) is 7.59. The van der Waals surface area contributed by atoms with Crippen LogP contribution in [-0.2, 0) is 19.1 Å². The Morgan fingerprint density at radius 3 is 2.58 bits per heavy atom. The monoisotopic (exact) mass is 352 g/mol. The molecule has 1 aromatic rings. The molecule has 8 heteroatoms. The van der Waals surface area contributed by atoms with E-state index in [1.807, 2.05) is 18.4 Å². The van der Waals surface area contributed by atoms with E-state index in [4.69, 9.17) is 9.47 Å². The lowest BCUT2D eigenvalue weighted by molar-refractivity contribution is -0.141. The third-order valence-electron chi connectivity index (χ3n) is 3.68. The van der Waals surface area contributed by atoms with Gasteiger partial charge >= 0.3 is 12.0 Å². The molecular formula is C16H20N2O5S. The van der Waals surface area contributed by atoms with Crippen molar-refractivity contribution >= 4 is 29.2 Å². The zero-order valence-corrected chi connectivity index (χ0v) is 14.9. The maximum Gasteiger partial charge on any atom is 0.338 e. The normalized spacial score (nSPS) is 17.8. The molecule has 0 aromatic carbocycles. The van der Waals surface area contributed by atoms with Gasteiger partial charge in [0.25, 0.3) is 0 Å². The van der Waals surface area contributed by atoms with Crippen LogP contribution in [0, 0.1) is 6.92 Å². The number of aryl methyl sites for hydroxylation is 1. The molecule has 1 aromatic heterocycles. The molecule has 7 nitrogen and oxygen atoms in total. The van der Waals surface area contributed by atoms with E-state index < -0.39 is 23.9 Å². The SMILES string of the molecule is COCCOC(=O)C1=C(C)NC(=O)N(C(C)=O)C1c1sccc1C. The van der Waals surface area contributed by atoms with Gasteiger partial charge in [0, 0.05) is 24.6 Å². The van der Waals surface area contributed by atoms with Crippen molar-refractivity contribution < 1.29 is 23.9 Å². The Labute approximate surface area is 144 Å². The minimum absolute atomic E-state index is 0.0935. The molecule has 0 bridgehead atoms. The molecule has 0 aliphatic carbocycles. The van der Waals surface area contributed by atoms with Crippen LogP contribution in [0.15, 0.2) is 22.7 Å². The van der Waals surface area contributed by atoms with Crippen molar-refractivity contribution in [3.8, 4) is 0 Å². The van der Waals surface area contributed by atoms with Gasteiger partial charge in [0.15, 0.2) is 0 Å². The van der Waals surface area contributed by atoms with E-state index in [1.165, 1.54) is 25.4 Å². The number of urea groups is 1. The lowest BCUT2D eigenvalue weighted by Gasteiger charge is -2.35. The number of hydrogen-bond donors (Lipinski definition) is 1. The van der Waals surface area contributed by atoms with Crippen LogP contribution in [0.4, 0.5) is 4.79 Å². The van der Waals surface area contributed by atoms with Gasteiger partial charge in [-0.2, -0.15) is 0 Å². The molecule has 1 aliphatic rings. The predicted octanol–water partition coefficient (Wildman–Crippen LogP) is 2.13. The Bertz CT molecular complexity index is 694. The summed E-state index contributed by atoms with van der Waals surface area (Å²) >= 11 is 1.39. The summed E-state index contributed by atoms with van der Waals surface area (Å²) in [7, 11) is 1.51. The first-order chi connectivity index (χ1) is 11.4. The molecule has 0 fully saturated rings. The van der Waals surface area contributed by atoms with Gasteiger partial charge in [-0.25, -0.2) is 9.59 Å². The van der Waals surface area contributed by atoms with E-state index in [-0.39, 0.29) is 18.8 Å². The number of amides is 3. The van der Waals surface area contributed by atoms with Gasteiger partial charge < -0.3 is 14.8 Å². The lowest BCUT2D eigenvalue weighted by Crippen LogP contribution is -2.50. The third kappa shape index (κ3) is 3.49. The smallest absolute Gasteiger partial charge is 0.338 e. The highest BCUT2D eigenvalue weighted by Crippen LogP contribution is 2.38. The summed E-state index contributed by atoms with van der Waals surface area (Å²) in [6, 6.07) is 0.547. The first-order valence-corrected chi connectivity index (χ1v) is 8.28. The van der Waals surface area contributed by atoms with Gasteiger partial charge in [-0.3, -0.25) is 9.69 Å². The molecule has 1 N–H and O–H groups in total. The number of esters is 1. The number of ether oxygens (including phenoxy) is 2. The predicted molar refractivity (Wildman–Crippen MR) is 88.4 cm³/mol. The summed E-state index contributed by atoms with van der Waals surface area (Å²) in [5, 5.41) is 4.42. The Kier molecular flexibility index (Phi) is 5.74. The van der Waals surface area contributed by atoms with Crippen LogP contribution < -0.4 is 5.32 Å². The van der Waals surface area contributed by atoms with Crippen molar-refractivity contribution in [2.75, 3.05) is 20.3 Å². The minimum atomic E-state index is -0.786. The summed E-state index contributed by atoms with van der Waals surface area (Å²) in [5.74, 6) is -1.02. The maximum absolute atomic E-state index is 12.6. The molecule has 0 radical (unpaired) electrons. The quantitative estimate of drug-likeness (QED) is 0.648. The Balaban J connectivity index is 2.48. The fraction of sp³-hybridized carbons (Fsp3) is 0.438. The number of rotatable bonds is 5. The van der Waals surface area contributed by atoms with Crippen molar-refractivity contribution in [3.63, 3.8) is 0 Å². The molecule has 2 rings (SSSR count). The molecule has 2 heterocycles. The molecule has 0 saturated heterocycles. The number of imide groups is 1. The van der Waals surface area contributed by atoms with Gasteiger partial charge in [0.2, 0.25) is 5.91 Å². The second-order valence-corrected chi connectivity index (χ2v) is 6.30. The van der Waals surface area contributed by atoms with Crippen LogP contribution in [0.3, 0.4) is 0 Å². The lowest BCUT2D eigenvalue weighted by atomic mass is 9.97. The molecule has 24 heavy (non-hydrogen) atoms. The highest BCUT2D eigenvalue weighted by molar-refractivity contribution is 7.10. The molecule has 130 valence electrons. The van der Waals surface area contributed by atoms with Gasteiger partial charge in [0.05, 0.1) is 12.2 Å². The first-order valence-electron chi connectivity index (χ1n) is 7.40. The fourth-order valence-corrected chi connectivity index (χ4v) is 3.56. The van der Waals surface area contributed by atoms with Crippen LogP contribution in [0.5, 0.6) is 0 Å². The van der Waals surface area contributed by atoms with Gasteiger partial charge in [-0.05, 0) is 30.9 Å². The van der Waals surface area contributed by atoms with E-state index in [0.29, 0.717) is 5.70 Å². The highest BCUT2D eigenvalue weighted by atomic mass is 32.1. The topological polar surface area (TPSA) is 84.9 Å². The summed E-state index contributed by atoms with van der Waals surface area (Å²) in [5.41, 5.74) is 1.55. The average Bonchev–Trinajstić information content (AvgIpc) is 2.91. The number of allylic oxidation sites excluding steroid dienone is 1. The second-order valence-electron chi connectivity index (χ2n) is 5.36. The summed E-state index contributed by atoms with van der Waals surface area (Å²) < 4.78 is 10.1. The maximum atomic E-state index is 12.6. The fourth-order valence-electron chi connectivity index (χ4n) is 2.54. The van der Waals surface area contributed by atoms with Crippen molar-refractivity contribution in [1.82, 2.24) is 10.2 Å². The molecule has 0 spiro atoms. The molecular weight excluding hydrogens is 332 g/mol. The van der Waals surface area contributed by atoms with Crippen molar-refractivity contribution in [2.24, 2.45) is 0 Å². The largest absolute Gasteiger partial charge is 0.460 e. The average molecular weight is 352 g/mol. The Morgan fingerprint density at radius 1 is 1.33 bits per heavy atom. The highest BCUT2D eigenvalue weighted by Gasteiger charge is 2.41. The summed E-state index contributed by atoms with van der Waals surface area (Å²) in [6.07, 6.45) is 0. The number of hydrogen-bond acceptors (Lipinski definition) is 6. The molecule has 1 unspecified atom stereocenters. The summed E-state index contributed by atoms with van der Waals surface area (Å²) in [6.45, 7) is 5.15. The van der Waals surface area contributed by atoms with Gasteiger partial charge in [0.1, 0.15) is 12.6 Å². The number of carbonyl (C=O) groups excluding carboxylic acids is 3. The number of thiophene rings is 1. The first kappa shape index (κ1) is 18.2. The Morgan fingerprint density at radius 2 is 2.04 bits per heavy atom. The van der Waals surface area contributed by atoms with Crippen molar-refractivity contribution in [2.45, 2.75) is 26.8 Å². The van der Waals surface area contributed by atoms with Crippen LogP contribution in [0.25, 0.3) is 0 Å². The minimum Gasteiger partial charge on any atom is -0.460 e. The van der Waals surface area contributed by atoms with Crippen molar-refractivity contribution in [1.29, 1.82) is 0 Å². The van der Waals surface area contributed by atoms with Crippen LogP contribution in [0.1, 0.15) is 30.3 Å². The van der Waals surface area contributed by atoms with E-state index in [1.54, 1.807) is 6.92 Å². The van der Waals surface area contributed by atoms with Gasteiger partial charge in [-0.1, -0.05) is 0 Å². The molecule has 1 aliphatic heterocycles. The molecule has 0 saturated carbocycles. The van der Waals surface area contributed by atoms with Crippen LogP contribution in [0.2, 0.25) is 0 Å². The summed E-state index contributed by atoms with van der Waals surface area (Å²) in [4.78, 5) is 38.7. The van der Waals surface area contributed by atoms with E-state index in [2.05, 4.69) is 5.32 Å².